The number of carbonyl (C=O) groups excluding carboxylic acids is 1. The van der Waals surface area contributed by atoms with Gasteiger partial charge in [0.1, 0.15) is 0 Å². The fraction of sp³-hybridized carbons (Fsp3) is 0.929. The standard InChI is InChI=1S/C14H26N2O2S/c1-19-14(6-2-7-14)11-16-13(17)5-10-18-12-3-8-15-9-4-12/h12,15H,2-11H2,1H3,(H,16,17). The summed E-state index contributed by atoms with van der Waals surface area (Å²) < 4.78 is 6.07. The average molecular weight is 286 g/mol. The van der Waals surface area contributed by atoms with Gasteiger partial charge >= 0.3 is 0 Å². The van der Waals surface area contributed by atoms with Gasteiger partial charge in [-0.05, 0) is 45.0 Å². The van der Waals surface area contributed by atoms with Crippen molar-refractivity contribution in [2.24, 2.45) is 0 Å². The Balaban J connectivity index is 1.54. The lowest BCUT2D eigenvalue weighted by atomic mass is 9.84. The molecule has 1 amide bonds. The number of hydrogen-bond donors (Lipinski definition) is 2. The summed E-state index contributed by atoms with van der Waals surface area (Å²) in [5, 5.41) is 6.37. The van der Waals surface area contributed by atoms with E-state index >= 15 is 0 Å². The first kappa shape index (κ1) is 15.1. The summed E-state index contributed by atoms with van der Waals surface area (Å²) in [5.74, 6) is 0.134. The van der Waals surface area contributed by atoms with Gasteiger partial charge in [0.2, 0.25) is 5.91 Å². The van der Waals surface area contributed by atoms with E-state index < -0.39 is 0 Å². The van der Waals surface area contributed by atoms with E-state index in [1.165, 1.54) is 19.3 Å². The normalized spacial score (nSPS) is 22.8. The second kappa shape index (κ2) is 7.50. The third-order valence-electron chi connectivity index (χ3n) is 4.27. The molecule has 4 nitrogen and oxygen atoms in total. The summed E-state index contributed by atoms with van der Waals surface area (Å²) in [6, 6.07) is 0. The minimum Gasteiger partial charge on any atom is -0.378 e. The fourth-order valence-electron chi connectivity index (χ4n) is 2.65. The van der Waals surface area contributed by atoms with Crippen LogP contribution in [0.25, 0.3) is 0 Å². The third kappa shape index (κ3) is 4.65. The van der Waals surface area contributed by atoms with Crippen LogP contribution in [0.2, 0.25) is 0 Å². The van der Waals surface area contributed by atoms with Gasteiger partial charge in [-0.1, -0.05) is 6.42 Å². The molecule has 0 aromatic heterocycles. The van der Waals surface area contributed by atoms with E-state index in [9.17, 15) is 4.79 Å². The quantitative estimate of drug-likeness (QED) is 0.745. The average Bonchev–Trinajstić information content (AvgIpc) is 2.39. The highest BCUT2D eigenvalue weighted by molar-refractivity contribution is 8.00. The first-order valence-corrected chi connectivity index (χ1v) is 8.61. The molecule has 5 heteroatoms. The summed E-state index contributed by atoms with van der Waals surface area (Å²) in [6.07, 6.45) is 8.89. The molecule has 0 unspecified atom stereocenters. The second-order valence-corrected chi connectivity index (χ2v) is 6.86. The molecule has 1 aliphatic carbocycles. The Morgan fingerprint density at radius 3 is 2.74 bits per heavy atom. The number of nitrogens with one attached hydrogen (secondary N) is 2. The summed E-state index contributed by atoms with van der Waals surface area (Å²) in [7, 11) is 0. The van der Waals surface area contributed by atoms with Crippen molar-refractivity contribution in [3.63, 3.8) is 0 Å². The van der Waals surface area contributed by atoms with Crippen LogP contribution >= 0.6 is 11.8 Å². The Labute approximate surface area is 120 Å². The predicted molar refractivity (Wildman–Crippen MR) is 79.6 cm³/mol. The lowest BCUT2D eigenvalue weighted by Crippen LogP contribution is -2.45. The van der Waals surface area contributed by atoms with Crippen molar-refractivity contribution >= 4 is 17.7 Å². The van der Waals surface area contributed by atoms with Gasteiger partial charge in [0.05, 0.1) is 12.7 Å². The van der Waals surface area contributed by atoms with Crippen LogP contribution in [0.1, 0.15) is 38.5 Å². The Bertz CT molecular complexity index is 284. The topological polar surface area (TPSA) is 50.4 Å². The van der Waals surface area contributed by atoms with Crippen molar-refractivity contribution < 1.29 is 9.53 Å². The van der Waals surface area contributed by atoms with Crippen LogP contribution in [0.15, 0.2) is 0 Å². The Hall–Kier alpha value is -0.260. The summed E-state index contributed by atoms with van der Waals surface area (Å²) >= 11 is 1.89. The highest BCUT2D eigenvalue weighted by Gasteiger charge is 2.36. The van der Waals surface area contributed by atoms with Crippen molar-refractivity contribution in [2.75, 3.05) is 32.5 Å². The smallest absolute Gasteiger partial charge is 0.222 e. The Kier molecular flexibility index (Phi) is 5.98. The third-order valence-corrected chi connectivity index (χ3v) is 5.69. The van der Waals surface area contributed by atoms with E-state index in [0.29, 0.717) is 23.9 Å². The zero-order chi connectivity index (χ0) is 13.6. The van der Waals surface area contributed by atoms with Gasteiger partial charge in [-0.2, -0.15) is 11.8 Å². The number of thioether (sulfide) groups is 1. The number of carbonyl (C=O) groups is 1. The number of rotatable bonds is 7. The molecular formula is C14H26N2O2S. The lowest BCUT2D eigenvalue weighted by molar-refractivity contribution is -0.123. The molecular weight excluding hydrogens is 260 g/mol. The maximum Gasteiger partial charge on any atom is 0.222 e. The first-order chi connectivity index (χ1) is 9.24. The molecule has 1 saturated carbocycles. The minimum absolute atomic E-state index is 0.134. The van der Waals surface area contributed by atoms with Gasteiger partial charge in [0, 0.05) is 17.7 Å². The monoisotopic (exact) mass is 286 g/mol. The summed E-state index contributed by atoms with van der Waals surface area (Å²) in [6.45, 7) is 3.45. The van der Waals surface area contributed by atoms with E-state index in [1.807, 2.05) is 11.8 Å². The zero-order valence-electron chi connectivity index (χ0n) is 11.9. The molecule has 0 spiro atoms. The maximum atomic E-state index is 11.8. The molecule has 1 saturated heterocycles. The molecule has 2 aliphatic rings. The second-order valence-electron chi connectivity index (χ2n) is 5.59. The minimum atomic E-state index is 0.134. The molecule has 1 heterocycles. The highest BCUT2D eigenvalue weighted by Crippen LogP contribution is 2.42. The van der Waals surface area contributed by atoms with Crippen LogP contribution in [0, 0.1) is 0 Å². The van der Waals surface area contributed by atoms with Crippen molar-refractivity contribution in [1.82, 2.24) is 10.6 Å². The van der Waals surface area contributed by atoms with Crippen LogP contribution in [-0.4, -0.2) is 49.3 Å². The van der Waals surface area contributed by atoms with Crippen molar-refractivity contribution in [3.8, 4) is 0 Å². The van der Waals surface area contributed by atoms with Crippen molar-refractivity contribution in [1.29, 1.82) is 0 Å². The molecule has 1 aliphatic heterocycles. The molecule has 0 aromatic rings. The molecule has 0 aromatic carbocycles. The molecule has 19 heavy (non-hydrogen) atoms. The van der Waals surface area contributed by atoms with Crippen LogP contribution < -0.4 is 10.6 Å². The number of hydrogen-bond acceptors (Lipinski definition) is 4. The molecule has 0 atom stereocenters. The van der Waals surface area contributed by atoms with Gasteiger partial charge in [-0.25, -0.2) is 0 Å². The van der Waals surface area contributed by atoms with Crippen molar-refractivity contribution in [2.45, 2.75) is 49.4 Å². The lowest BCUT2D eigenvalue weighted by Gasteiger charge is -2.40. The predicted octanol–water partition coefficient (Wildman–Crippen LogP) is 1.55. The highest BCUT2D eigenvalue weighted by atomic mass is 32.2. The SMILES string of the molecule is CSC1(CNC(=O)CCOC2CCNCC2)CCC1. The van der Waals surface area contributed by atoms with Crippen molar-refractivity contribution in [3.05, 3.63) is 0 Å². The largest absolute Gasteiger partial charge is 0.378 e. The number of amides is 1. The van der Waals surface area contributed by atoms with Crippen LogP contribution in [-0.2, 0) is 9.53 Å². The maximum absolute atomic E-state index is 11.8. The molecule has 2 fully saturated rings. The van der Waals surface area contributed by atoms with Gasteiger partial charge in [-0.15, -0.1) is 0 Å². The fourth-order valence-corrected chi connectivity index (χ4v) is 3.57. The number of ether oxygens (including phenoxy) is 1. The van der Waals surface area contributed by atoms with E-state index in [4.69, 9.17) is 4.74 Å². The molecule has 0 bridgehead atoms. The molecule has 2 N–H and O–H groups in total. The Morgan fingerprint density at radius 1 is 1.42 bits per heavy atom. The van der Waals surface area contributed by atoms with Gasteiger partial charge < -0.3 is 15.4 Å². The zero-order valence-corrected chi connectivity index (χ0v) is 12.7. The van der Waals surface area contributed by atoms with Gasteiger partial charge in [-0.3, -0.25) is 4.79 Å². The summed E-state index contributed by atoms with van der Waals surface area (Å²) in [5.41, 5.74) is 0. The molecule has 2 rings (SSSR count). The van der Waals surface area contributed by atoms with E-state index in [2.05, 4.69) is 16.9 Å². The van der Waals surface area contributed by atoms with Gasteiger partial charge in [0.15, 0.2) is 0 Å². The van der Waals surface area contributed by atoms with Crippen LogP contribution in [0.3, 0.4) is 0 Å². The van der Waals surface area contributed by atoms with E-state index in [-0.39, 0.29) is 5.91 Å². The molecule has 0 radical (unpaired) electrons. The van der Waals surface area contributed by atoms with Gasteiger partial charge in [0.25, 0.3) is 0 Å². The first-order valence-electron chi connectivity index (χ1n) is 7.38. The summed E-state index contributed by atoms with van der Waals surface area (Å²) in [4.78, 5) is 11.8. The van der Waals surface area contributed by atoms with Crippen LogP contribution in [0.4, 0.5) is 0 Å². The van der Waals surface area contributed by atoms with E-state index in [0.717, 1.165) is 32.5 Å². The Morgan fingerprint density at radius 2 is 2.16 bits per heavy atom. The molecule has 110 valence electrons. The van der Waals surface area contributed by atoms with E-state index in [1.54, 1.807) is 0 Å². The van der Waals surface area contributed by atoms with Crippen LogP contribution in [0.5, 0.6) is 0 Å². The number of piperidine rings is 1.